The van der Waals surface area contributed by atoms with Crippen molar-refractivity contribution in [3.8, 4) is 0 Å². The van der Waals surface area contributed by atoms with Crippen molar-refractivity contribution in [3.63, 3.8) is 0 Å². The van der Waals surface area contributed by atoms with Crippen molar-refractivity contribution in [2.24, 2.45) is 23.2 Å². The average Bonchev–Trinajstić information content (AvgIpc) is 3.05. The number of ether oxygens (including phenoxy) is 4. The fraction of sp³-hybridized carbons (Fsp3) is 0.763. The van der Waals surface area contributed by atoms with E-state index in [-0.39, 0.29) is 48.3 Å². The summed E-state index contributed by atoms with van der Waals surface area (Å²) in [5.41, 5.74) is -1.38. The third-order valence-electron chi connectivity index (χ3n) is 11.2. The topological polar surface area (TPSA) is 130 Å². The van der Waals surface area contributed by atoms with Gasteiger partial charge in [-0.15, -0.1) is 0 Å². The van der Waals surface area contributed by atoms with Gasteiger partial charge in [-0.05, 0) is 73.2 Å². The summed E-state index contributed by atoms with van der Waals surface area (Å²) in [7, 11) is 7.48. The van der Waals surface area contributed by atoms with Crippen LogP contribution in [0.4, 0.5) is 0 Å². The van der Waals surface area contributed by atoms with Crippen molar-refractivity contribution in [2.45, 2.75) is 103 Å². The zero-order valence-electron chi connectivity index (χ0n) is 31.9. The van der Waals surface area contributed by atoms with E-state index in [4.69, 9.17) is 18.9 Å². The Bertz CT molecular complexity index is 1290. The average molecular weight is 703 g/mol. The van der Waals surface area contributed by atoms with Gasteiger partial charge in [0.05, 0.1) is 24.4 Å². The second kappa shape index (κ2) is 16.9. The molecule has 282 valence electrons. The summed E-state index contributed by atoms with van der Waals surface area (Å²) >= 11 is 0. The fourth-order valence-corrected chi connectivity index (χ4v) is 8.10. The Morgan fingerprint density at radius 3 is 2.36 bits per heavy atom. The number of amides is 1. The number of aliphatic hydroxyl groups excluding tert-OH is 1. The van der Waals surface area contributed by atoms with Gasteiger partial charge in [0.25, 0.3) is 0 Å². The predicted octanol–water partition coefficient (Wildman–Crippen LogP) is 2.57. The molecule has 0 bridgehead atoms. The monoisotopic (exact) mass is 702 g/mol. The number of rotatable bonds is 9. The van der Waals surface area contributed by atoms with Gasteiger partial charge in [0.1, 0.15) is 18.1 Å². The van der Waals surface area contributed by atoms with Crippen molar-refractivity contribution in [3.05, 3.63) is 35.9 Å². The Hall–Kier alpha value is -2.45. The first-order valence-electron chi connectivity index (χ1n) is 18.1. The highest BCUT2D eigenvalue weighted by atomic mass is 16.7. The summed E-state index contributed by atoms with van der Waals surface area (Å²) in [6.07, 6.45) is -1.77. The van der Waals surface area contributed by atoms with Gasteiger partial charge < -0.3 is 34.3 Å². The van der Waals surface area contributed by atoms with Gasteiger partial charge in [-0.25, -0.2) is 0 Å². The number of nitrogens with one attached hydrogen (secondary N) is 1. The summed E-state index contributed by atoms with van der Waals surface area (Å²) in [6, 6.07) is 9.52. The third-order valence-corrected chi connectivity index (χ3v) is 11.2. The van der Waals surface area contributed by atoms with Crippen molar-refractivity contribution >= 4 is 17.7 Å². The van der Waals surface area contributed by atoms with Crippen molar-refractivity contribution in [1.29, 1.82) is 0 Å². The molecule has 12 nitrogen and oxygen atoms in total. The number of cyclic esters (lactones) is 1. The standard InChI is InChI=1S/C38H62N4O8/c1-24-17-38(6,47-10)34(50-35-32(44)29(40(7)8)16-25(2)49-35)26(3)33(45)37(4,5)36(46)48-23-30(41(9)19-24)28-20-42(21-28)22-31(43)39-18-27-14-12-11-13-15-27/h11-15,24-26,28-30,32,34-35,44H,16-23H2,1-10H3,(H,39,43)/t24-,25-,26+,29+,30?,32-,34-,35+,38-/m1/s1. The van der Waals surface area contributed by atoms with Crippen LogP contribution in [0.2, 0.25) is 0 Å². The Kier molecular flexibility index (Phi) is 13.6. The van der Waals surface area contributed by atoms with Crippen LogP contribution in [0.3, 0.4) is 0 Å². The molecule has 2 N–H and O–H groups in total. The van der Waals surface area contributed by atoms with Gasteiger partial charge in [0, 0.05) is 57.2 Å². The first kappa shape index (κ1) is 40.3. The molecule has 3 heterocycles. The number of carbonyl (C=O) groups is 3. The molecule has 9 atom stereocenters. The molecule has 1 aromatic rings. The first-order valence-corrected chi connectivity index (χ1v) is 18.1. The predicted molar refractivity (Wildman–Crippen MR) is 190 cm³/mol. The minimum absolute atomic E-state index is 0.0292. The van der Waals surface area contributed by atoms with Crippen LogP contribution in [0.15, 0.2) is 30.3 Å². The minimum Gasteiger partial charge on any atom is -0.463 e. The molecule has 3 aliphatic rings. The SMILES string of the molecule is CO[C@]1(C)C[C@@H](C)CN(C)C(C2CN(CC(=O)NCc3ccccc3)C2)COC(=O)C(C)(C)C(=O)[C@H](C)[C@H]1O[C@@H]1O[C@H](C)C[C@H](N(C)C)[C@H]1O. The minimum atomic E-state index is -1.47. The van der Waals surface area contributed by atoms with Crippen LogP contribution in [0.1, 0.15) is 59.9 Å². The number of methoxy groups -OCH3 is 1. The number of hydrogen-bond acceptors (Lipinski definition) is 11. The second-order valence-corrected chi connectivity index (χ2v) is 16.1. The Balaban J connectivity index is 1.51. The first-order chi connectivity index (χ1) is 23.5. The van der Waals surface area contributed by atoms with Gasteiger partial charge in [0.15, 0.2) is 12.1 Å². The van der Waals surface area contributed by atoms with Crippen molar-refractivity contribution in [1.82, 2.24) is 20.0 Å². The lowest BCUT2D eigenvalue weighted by molar-refractivity contribution is -0.295. The van der Waals surface area contributed by atoms with Gasteiger partial charge in [-0.3, -0.25) is 24.2 Å². The largest absolute Gasteiger partial charge is 0.463 e. The molecule has 0 aliphatic carbocycles. The van der Waals surface area contributed by atoms with E-state index in [9.17, 15) is 19.5 Å². The Labute approximate surface area is 299 Å². The molecule has 1 unspecified atom stereocenters. The van der Waals surface area contributed by atoms with Gasteiger partial charge in [-0.2, -0.15) is 0 Å². The Morgan fingerprint density at radius 1 is 1.08 bits per heavy atom. The normalized spacial score (nSPS) is 35.4. The maximum Gasteiger partial charge on any atom is 0.319 e. The molecule has 1 aromatic carbocycles. The number of nitrogens with zero attached hydrogens (tertiary/aromatic N) is 3. The number of ketones is 1. The zero-order valence-corrected chi connectivity index (χ0v) is 31.9. The van der Waals surface area contributed by atoms with E-state index in [0.717, 1.165) is 5.56 Å². The lowest BCUT2D eigenvalue weighted by Crippen LogP contribution is -2.60. The summed E-state index contributed by atoms with van der Waals surface area (Å²) in [5, 5.41) is 14.3. The maximum atomic E-state index is 14.3. The molecule has 0 aromatic heterocycles. The van der Waals surface area contributed by atoms with Crippen molar-refractivity contribution < 1.29 is 38.4 Å². The quantitative estimate of drug-likeness (QED) is 0.291. The van der Waals surface area contributed by atoms with Gasteiger partial charge in [-0.1, -0.05) is 44.2 Å². The summed E-state index contributed by atoms with van der Waals surface area (Å²) in [5.74, 6) is -1.47. The molecular formula is C38H62N4O8. The second-order valence-electron chi connectivity index (χ2n) is 16.1. The number of likely N-dealkylation sites (tertiary alicyclic amines) is 1. The van der Waals surface area contributed by atoms with E-state index in [1.54, 1.807) is 27.9 Å². The molecule has 3 fully saturated rings. The van der Waals surface area contributed by atoms with Crippen LogP contribution in [-0.4, -0.2) is 141 Å². The van der Waals surface area contributed by atoms with E-state index in [1.165, 1.54) is 0 Å². The number of esters is 1. The van der Waals surface area contributed by atoms with E-state index in [2.05, 4.69) is 22.0 Å². The van der Waals surface area contributed by atoms with Crippen LogP contribution in [0.5, 0.6) is 0 Å². The molecular weight excluding hydrogens is 640 g/mol. The highest BCUT2D eigenvalue weighted by Crippen LogP contribution is 2.38. The zero-order chi connectivity index (χ0) is 37.0. The molecule has 3 saturated heterocycles. The van der Waals surface area contributed by atoms with E-state index in [1.807, 2.05) is 70.2 Å². The highest BCUT2D eigenvalue weighted by Gasteiger charge is 2.52. The molecule has 0 saturated carbocycles. The van der Waals surface area contributed by atoms with Gasteiger partial charge >= 0.3 is 5.97 Å². The Morgan fingerprint density at radius 2 is 1.74 bits per heavy atom. The van der Waals surface area contributed by atoms with Crippen LogP contribution in [0, 0.1) is 23.2 Å². The van der Waals surface area contributed by atoms with Crippen LogP contribution < -0.4 is 5.32 Å². The van der Waals surface area contributed by atoms with E-state index >= 15 is 0 Å². The van der Waals surface area contributed by atoms with E-state index < -0.39 is 41.4 Å². The summed E-state index contributed by atoms with van der Waals surface area (Å²) in [6.45, 7) is 14.0. The highest BCUT2D eigenvalue weighted by molar-refractivity contribution is 6.04. The number of likely N-dealkylation sites (N-methyl/N-ethyl adjacent to an activating group) is 2. The number of aliphatic hydroxyl groups is 1. The van der Waals surface area contributed by atoms with Crippen molar-refractivity contribution in [2.75, 3.05) is 61.0 Å². The lowest BCUT2D eigenvalue weighted by Gasteiger charge is -2.47. The van der Waals surface area contributed by atoms with Crippen LogP contribution in [-0.2, 0) is 39.9 Å². The molecule has 4 rings (SSSR count). The molecule has 0 spiro atoms. The number of hydrogen-bond donors (Lipinski definition) is 2. The molecule has 1 amide bonds. The van der Waals surface area contributed by atoms with E-state index in [0.29, 0.717) is 45.6 Å². The fourth-order valence-electron chi connectivity index (χ4n) is 8.10. The molecule has 12 heteroatoms. The molecule has 3 aliphatic heterocycles. The molecule has 0 radical (unpaired) electrons. The summed E-state index contributed by atoms with van der Waals surface area (Å²) < 4.78 is 25.0. The number of benzene rings is 1. The lowest BCUT2D eigenvalue weighted by atomic mass is 9.74. The van der Waals surface area contributed by atoms with Crippen LogP contribution in [0.25, 0.3) is 0 Å². The maximum absolute atomic E-state index is 14.3. The number of Topliss-reactive ketones (excluding diaryl/α,β-unsaturated/α-hetero) is 1. The molecule has 50 heavy (non-hydrogen) atoms. The van der Waals surface area contributed by atoms with Gasteiger partial charge in [0.2, 0.25) is 5.91 Å². The third kappa shape index (κ3) is 9.50. The number of carbonyl (C=O) groups excluding carboxylic acids is 3. The smallest absolute Gasteiger partial charge is 0.319 e. The van der Waals surface area contributed by atoms with Crippen LogP contribution >= 0.6 is 0 Å². The summed E-state index contributed by atoms with van der Waals surface area (Å²) in [4.78, 5) is 47.0.